The average molecular weight is 347 g/mol. The number of nitrogens with zero attached hydrogens (tertiary/aromatic N) is 1. The number of carbonyl (C=O) groups is 2. The van der Waals surface area contributed by atoms with E-state index in [0.29, 0.717) is 25.8 Å². The number of carboxylic acids is 1. The van der Waals surface area contributed by atoms with Gasteiger partial charge in [-0.3, -0.25) is 9.59 Å². The summed E-state index contributed by atoms with van der Waals surface area (Å²) in [5, 5.41) is 9.61. The zero-order chi connectivity index (χ0) is 18.5. The molecule has 1 amide bonds. The average Bonchev–Trinajstić information content (AvgIpc) is 2.61. The van der Waals surface area contributed by atoms with Gasteiger partial charge in [0, 0.05) is 26.6 Å². The minimum absolute atomic E-state index is 0.0328. The van der Waals surface area contributed by atoms with Crippen LogP contribution in [-0.2, 0) is 19.7 Å². The van der Waals surface area contributed by atoms with Gasteiger partial charge in [-0.25, -0.2) is 0 Å². The summed E-state index contributed by atoms with van der Waals surface area (Å²) in [7, 11) is 1.51. The largest absolute Gasteiger partial charge is 0.481 e. The molecule has 1 N–H and O–H groups in total. The number of aliphatic carboxylic acids is 1. The van der Waals surface area contributed by atoms with Crippen LogP contribution in [0.1, 0.15) is 45.1 Å². The number of piperidine rings is 1. The van der Waals surface area contributed by atoms with Crippen molar-refractivity contribution in [1.82, 2.24) is 4.90 Å². The van der Waals surface area contributed by atoms with Crippen LogP contribution in [0.2, 0.25) is 0 Å². The molecule has 1 aromatic carbocycles. The van der Waals surface area contributed by atoms with Crippen LogP contribution in [0.25, 0.3) is 0 Å². The fourth-order valence-electron chi connectivity index (χ4n) is 3.59. The summed E-state index contributed by atoms with van der Waals surface area (Å²) in [5.74, 6) is -0.845. The number of methoxy groups -OCH3 is 1. The van der Waals surface area contributed by atoms with E-state index in [9.17, 15) is 14.7 Å². The van der Waals surface area contributed by atoms with Crippen LogP contribution in [0.5, 0.6) is 0 Å². The molecule has 1 fully saturated rings. The second kappa shape index (κ2) is 8.00. The van der Waals surface area contributed by atoms with E-state index in [1.807, 2.05) is 18.2 Å². The van der Waals surface area contributed by atoms with Gasteiger partial charge in [0.15, 0.2) is 0 Å². The van der Waals surface area contributed by atoms with Gasteiger partial charge >= 0.3 is 5.97 Å². The highest BCUT2D eigenvalue weighted by Crippen LogP contribution is 2.33. The number of likely N-dealkylation sites (tertiary alicyclic amines) is 1. The van der Waals surface area contributed by atoms with E-state index in [1.165, 1.54) is 12.7 Å². The number of rotatable bonds is 7. The summed E-state index contributed by atoms with van der Waals surface area (Å²) in [6.45, 7) is 5.28. The molecule has 1 saturated heterocycles. The van der Waals surface area contributed by atoms with Crippen molar-refractivity contribution in [1.29, 1.82) is 0 Å². The molecule has 25 heavy (non-hydrogen) atoms. The topological polar surface area (TPSA) is 66.8 Å². The molecule has 138 valence electrons. The molecule has 0 bridgehead atoms. The van der Waals surface area contributed by atoms with E-state index in [0.717, 1.165) is 6.42 Å². The fourth-order valence-corrected chi connectivity index (χ4v) is 3.59. The number of carboxylic acid groups (broad SMARTS) is 1. The number of benzene rings is 1. The van der Waals surface area contributed by atoms with E-state index < -0.39 is 11.4 Å². The van der Waals surface area contributed by atoms with Crippen molar-refractivity contribution in [3.8, 4) is 0 Å². The van der Waals surface area contributed by atoms with Crippen molar-refractivity contribution >= 4 is 11.9 Å². The van der Waals surface area contributed by atoms with E-state index in [-0.39, 0.29) is 24.5 Å². The van der Waals surface area contributed by atoms with Crippen molar-refractivity contribution < 1.29 is 19.4 Å². The summed E-state index contributed by atoms with van der Waals surface area (Å²) in [5.41, 5.74) is 0.140. The maximum Gasteiger partial charge on any atom is 0.313 e. The summed E-state index contributed by atoms with van der Waals surface area (Å²) in [4.78, 5) is 26.1. The Kier molecular flexibility index (Phi) is 6.22. The monoisotopic (exact) mass is 347 g/mol. The molecule has 0 saturated carbocycles. The summed E-state index contributed by atoms with van der Waals surface area (Å²) >= 11 is 0. The molecule has 0 aliphatic carbocycles. The highest BCUT2D eigenvalue weighted by Gasteiger charge is 2.43. The van der Waals surface area contributed by atoms with Gasteiger partial charge in [0.2, 0.25) is 5.91 Å². The molecule has 1 aliphatic heterocycles. The normalized spacial score (nSPS) is 21.2. The molecular weight excluding hydrogens is 318 g/mol. The lowest BCUT2D eigenvalue weighted by Crippen LogP contribution is -2.52. The van der Waals surface area contributed by atoms with Crippen LogP contribution < -0.4 is 0 Å². The third-order valence-corrected chi connectivity index (χ3v) is 5.32. The number of ether oxygens (including phenoxy) is 1. The second-order valence-corrected chi connectivity index (χ2v) is 7.69. The molecule has 5 nitrogen and oxygen atoms in total. The predicted octanol–water partition coefficient (Wildman–Crippen LogP) is 3.08. The Morgan fingerprint density at radius 2 is 1.96 bits per heavy atom. The Morgan fingerprint density at radius 3 is 2.56 bits per heavy atom. The van der Waals surface area contributed by atoms with E-state index in [1.54, 1.807) is 4.90 Å². The van der Waals surface area contributed by atoms with Crippen LogP contribution in [0, 0.1) is 5.41 Å². The number of amides is 1. The van der Waals surface area contributed by atoms with E-state index in [4.69, 9.17) is 4.74 Å². The standard InChI is InChI=1S/C20H29NO4/c1-19(2,16-8-5-4-6-9-16)12-10-17(22)21-13-7-11-20(14-21,15-25-3)18(23)24/h4-6,8-9H,7,10-15H2,1-3H3,(H,23,24). The van der Waals surface area contributed by atoms with Crippen molar-refractivity contribution in [2.24, 2.45) is 5.41 Å². The van der Waals surface area contributed by atoms with Crippen LogP contribution in [-0.4, -0.2) is 48.7 Å². The first-order valence-corrected chi connectivity index (χ1v) is 8.86. The van der Waals surface area contributed by atoms with Gasteiger partial charge in [0.1, 0.15) is 5.41 Å². The van der Waals surface area contributed by atoms with Gasteiger partial charge in [0.05, 0.1) is 6.61 Å². The van der Waals surface area contributed by atoms with Crippen LogP contribution in [0.4, 0.5) is 0 Å². The summed E-state index contributed by atoms with van der Waals surface area (Å²) in [6, 6.07) is 10.2. The Bertz CT molecular complexity index is 595. The van der Waals surface area contributed by atoms with Gasteiger partial charge in [-0.1, -0.05) is 44.2 Å². The molecule has 0 spiro atoms. The Labute approximate surface area is 150 Å². The molecule has 1 atom stereocenters. The molecule has 5 heteroatoms. The summed E-state index contributed by atoms with van der Waals surface area (Å²) < 4.78 is 5.13. The van der Waals surface area contributed by atoms with Gasteiger partial charge in [-0.2, -0.15) is 0 Å². The first-order chi connectivity index (χ1) is 11.8. The van der Waals surface area contributed by atoms with Crippen LogP contribution >= 0.6 is 0 Å². The molecule has 1 aromatic rings. The number of hydrogen-bond donors (Lipinski definition) is 1. The minimum Gasteiger partial charge on any atom is -0.481 e. The third kappa shape index (κ3) is 4.60. The lowest BCUT2D eigenvalue weighted by Gasteiger charge is -2.39. The zero-order valence-corrected chi connectivity index (χ0v) is 15.5. The Morgan fingerprint density at radius 1 is 1.28 bits per heavy atom. The molecule has 1 heterocycles. The van der Waals surface area contributed by atoms with E-state index >= 15 is 0 Å². The first-order valence-electron chi connectivity index (χ1n) is 8.86. The molecule has 0 aromatic heterocycles. The predicted molar refractivity (Wildman–Crippen MR) is 96.5 cm³/mol. The minimum atomic E-state index is -0.975. The lowest BCUT2D eigenvalue weighted by atomic mass is 9.79. The molecular formula is C20H29NO4. The first kappa shape index (κ1) is 19.4. The molecule has 0 radical (unpaired) electrons. The molecule has 1 unspecified atom stereocenters. The second-order valence-electron chi connectivity index (χ2n) is 7.69. The smallest absolute Gasteiger partial charge is 0.313 e. The van der Waals surface area contributed by atoms with Gasteiger partial charge in [-0.05, 0) is 30.2 Å². The quantitative estimate of drug-likeness (QED) is 0.823. The van der Waals surface area contributed by atoms with Crippen LogP contribution in [0.3, 0.4) is 0 Å². The van der Waals surface area contributed by atoms with Crippen molar-refractivity contribution in [2.45, 2.75) is 44.9 Å². The SMILES string of the molecule is COCC1(C(=O)O)CCCN(C(=O)CCC(C)(C)c2ccccc2)C1. The molecule has 2 rings (SSSR count). The number of hydrogen-bond acceptors (Lipinski definition) is 3. The zero-order valence-electron chi connectivity index (χ0n) is 15.5. The van der Waals surface area contributed by atoms with E-state index in [2.05, 4.69) is 26.0 Å². The highest BCUT2D eigenvalue weighted by atomic mass is 16.5. The lowest BCUT2D eigenvalue weighted by molar-refractivity contribution is -0.159. The fraction of sp³-hybridized carbons (Fsp3) is 0.600. The van der Waals surface area contributed by atoms with Crippen molar-refractivity contribution in [3.05, 3.63) is 35.9 Å². The summed E-state index contributed by atoms with van der Waals surface area (Å²) in [6.07, 6.45) is 2.40. The Balaban J connectivity index is 1.99. The van der Waals surface area contributed by atoms with Crippen molar-refractivity contribution in [3.63, 3.8) is 0 Å². The van der Waals surface area contributed by atoms with Gasteiger partial charge in [-0.15, -0.1) is 0 Å². The number of carbonyl (C=O) groups excluding carboxylic acids is 1. The highest BCUT2D eigenvalue weighted by molar-refractivity contribution is 5.80. The van der Waals surface area contributed by atoms with Gasteiger partial charge < -0.3 is 14.7 Å². The third-order valence-electron chi connectivity index (χ3n) is 5.32. The van der Waals surface area contributed by atoms with Crippen LogP contribution in [0.15, 0.2) is 30.3 Å². The molecule has 1 aliphatic rings. The Hall–Kier alpha value is -1.88. The van der Waals surface area contributed by atoms with Gasteiger partial charge in [0.25, 0.3) is 0 Å². The maximum absolute atomic E-state index is 12.7. The van der Waals surface area contributed by atoms with Crippen molar-refractivity contribution in [2.75, 3.05) is 26.8 Å². The maximum atomic E-state index is 12.7.